The average Bonchev–Trinajstić information content (AvgIpc) is 3.17. The summed E-state index contributed by atoms with van der Waals surface area (Å²) in [6.07, 6.45) is 0. The monoisotopic (exact) mass is 445 g/mol. The highest BCUT2D eigenvalue weighted by Crippen LogP contribution is 2.40. The van der Waals surface area contributed by atoms with Gasteiger partial charge in [0.05, 0.1) is 34.2 Å². The Morgan fingerprint density at radius 1 is 1.00 bits per heavy atom. The maximum absolute atomic E-state index is 12.3. The van der Waals surface area contributed by atoms with Gasteiger partial charge in [-0.05, 0) is 36.4 Å². The molecule has 0 aliphatic rings. The van der Waals surface area contributed by atoms with E-state index in [4.69, 9.17) is 24.8 Å². The Hall–Kier alpha value is -3.60. The van der Waals surface area contributed by atoms with E-state index in [1.54, 1.807) is 43.5 Å². The van der Waals surface area contributed by atoms with Gasteiger partial charge in [0.25, 0.3) is 0 Å². The van der Waals surface area contributed by atoms with Crippen LogP contribution in [0.3, 0.4) is 0 Å². The van der Waals surface area contributed by atoms with Crippen molar-refractivity contribution in [3.05, 3.63) is 36.4 Å². The third-order valence-electron chi connectivity index (χ3n) is 4.29. The molecule has 11 heteroatoms. The zero-order valence-corrected chi connectivity index (χ0v) is 18.4. The second-order valence-electron chi connectivity index (χ2n) is 6.16. The Morgan fingerprint density at radius 2 is 1.65 bits per heavy atom. The molecule has 3 N–H and O–H groups in total. The summed E-state index contributed by atoms with van der Waals surface area (Å²) in [5.41, 5.74) is 1.29. The highest BCUT2D eigenvalue weighted by Gasteiger charge is 2.19. The highest BCUT2D eigenvalue weighted by molar-refractivity contribution is 7.99. The summed E-state index contributed by atoms with van der Waals surface area (Å²) in [4.78, 5) is 12.3. The number of nitrogens with one attached hydrogen (secondary N) is 1. The van der Waals surface area contributed by atoms with Crippen molar-refractivity contribution >= 4 is 23.4 Å². The second-order valence-corrected chi connectivity index (χ2v) is 7.10. The molecule has 0 saturated carbocycles. The van der Waals surface area contributed by atoms with Gasteiger partial charge < -0.3 is 30.1 Å². The van der Waals surface area contributed by atoms with E-state index in [-0.39, 0.29) is 11.7 Å². The largest absolute Gasteiger partial charge is 0.497 e. The molecule has 3 rings (SSSR count). The number of rotatable bonds is 9. The van der Waals surface area contributed by atoms with Crippen molar-refractivity contribution in [2.45, 2.75) is 5.16 Å². The highest BCUT2D eigenvalue weighted by atomic mass is 32.2. The van der Waals surface area contributed by atoms with E-state index >= 15 is 0 Å². The number of benzene rings is 2. The van der Waals surface area contributed by atoms with E-state index in [1.165, 1.54) is 37.8 Å². The van der Waals surface area contributed by atoms with Crippen LogP contribution in [0, 0.1) is 0 Å². The minimum absolute atomic E-state index is 0.108. The lowest BCUT2D eigenvalue weighted by atomic mass is 10.1. The lowest BCUT2D eigenvalue weighted by Crippen LogP contribution is -2.16. The number of hydrogen-bond acceptors (Lipinski definition) is 9. The first-order chi connectivity index (χ1) is 15.0. The average molecular weight is 446 g/mol. The van der Waals surface area contributed by atoms with E-state index in [0.29, 0.717) is 45.2 Å². The molecule has 3 aromatic rings. The molecular formula is C20H23N5O5S. The molecule has 0 atom stereocenters. The molecule has 2 aromatic carbocycles. The normalized spacial score (nSPS) is 10.5. The van der Waals surface area contributed by atoms with Crippen LogP contribution in [0.15, 0.2) is 41.6 Å². The molecule has 0 fully saturated rings. The summed E-state index contributed by atoms with van der Waals surface area (Å²) in [6.45, 7) is 0. The number of carbonyl (C=O) groups is 1. The van der Waals surface area contributed by atoms with Gasteiger partial charge in [0.1, 0.15) is 5.75 Å². The van der Waals surface area contributed by atoms with Crippen molar-refractivity contribution in [2.24, 2.45) is 0 Å². The molecule has 1 heterocycles. The number of aromatic nitrogens is 3. The third kappa shape index (κ3) is 4.94. The van der Waals surface area contributed by atoms with Crippen molar-refractivity contribution in [1.29, 1.82) is 0 Å². The number of nitrogens with two attached hydrogens (primary N) is 1. The smallest absolute Gasteiger partial charge is 0.234 e. The van der Waals surface area contributed by atoms with Crippen LogP contribution in [-0.4, -0.2) is 55.0 Å². The van der Waals surface area contributed by atoms with E-state index < -0.39 is 0 Å². The number of anilines is 1. The minimum atomic E-state index is -0.201. The first-order valence-electron chi connectivity index (χ1n) is 9.08. The fraction of sp³-hybridized carbons (Fsp3) is 0.250. The molecule has 0 spiro atoms. The first-order valence-corrected chi connectivity index (χ1v) is 10.1. The van der Waals surface area contributed by atoms with Gasteiger partial charge in [-0.1, -0.05) is 11.8 Å². The Labute approximate surface area is 183 Å². The number of carbonyl (C=O) groups excluding carboxylic acids is 1. The maximum Gasteiger partial charge on any atom is 0.234 e. The van der Waals surface area contributed by atoms with Crippen LogP contribution < -0.4 is 30.1 Å². The molecule has 0 aliphatic heterocycles. The number of amides is 1. The van der Waals surface area contributed by atoms with Crippen molar-refractivity contribution in [3.63, 3.8) is 0 Å². The number of nitrogens with zero attached hydrogens (tertiary/aromatic N) is 3. The van der Waals surface area contributed by atoms with Crippen LogP contribution in [-0.2, 0) is 4.79 Å². The fourth-order valence-electron chi connectivity index (χ4n) is 2.78. The topological polar surface area (TPSA) is 123 Å². The predicted octanol–water partition coefficient (Wildman–Crippen LogP) is 2.42. The van der Waals surface area contributed by atoms with Crippen LogP contribution >= 0.6 is 11.8 Å². The summed E-state index contributed by atoms with van der Waals surface area (Å²) >= 11 is 1.17. The quantitative estimate of drug-likeness (QED) is 0.377. The Bertz CT molecular complexity index is 1030. The molecule has 0 unspecified atom stereocenters. The van der Waals surface area contributed by atoms with Crippen molar-refractivity contribution < 1.29 is 23.7 Å². The molecule has 10 nitrogen and oxygen atoms in total. The molecular weight excluding hydrogens is 422 g/mol. The van der Waals surface area contributed by atoms with Crippen LogP contribution in [0.25, 0.3) is 11.4 Å². The maximum atomic E-state index is 12.3. The van der Waals surface area contributed by atoms with Crippen LogP contribution in [0.5, 0.6) is 23.0 Å². The van der Waals surface area contributed by atoms with Crippen molar-refractivity contribution in [1.82, 2.24) is 14.9 Å². The number of nitrogen functional groups attached to an aromatic ring is 1. The molecule has 0 radical (unpaired) electrons. The van der Waals surface area contributed by atoms with Gasteiger partial charge in [0.15, 0.2) is 17.3 Å². The number of thioether (sulfide) groups is 1. The second kappa shape index (κ2) is 9.94. The molecule has 0 bridgehead atoms. The fourth-order valence-corrected chi connectivity index (χ4v) is 3.44. The van der Waals surface area contributed by atoms with E-state index in [1.807, 2.05) is 0 Å². The van der Waals surface area contributed by atoms with Gasteiger partial charge in [0.2, 0.25) is 16.8 Å². The van der Waals surface area contributed by atoms with Crippen molar-refractivity contribution in [2.75, 3.05) is 45.4 Å². The molecule has 164 valence electrons. The lowest BCUT2D eigenvalue weighted by molar-refractivity contribution is -0.113. The molecule has 0 aliphatic carbocycles. The van der Waals surface area contributed by atoms with Crippen molar-refractivity contribution in [3.8, 4) is 34.4 Å². The zero-order valence-electron chi connectivity index (χ0n) is 17.5. The Balaban J connectivity index is 1.72. The van der Waals surface area contributed by atoms with Gasteiger partial charge >= 0.3 is 0 Å². The Kier molecular flexibility index (Phi) is 7.08. The summed E-state index contributed by atoms with van der Waals surface area (Å²) in [6, 6.07) is 10.5. The minimum Gasteiger partial charge on any atom is -0.497 e. The Morgan fingerprint density at radius 3 is 2.19 bits per heavy atom. The molecule has 1 amide bonds. The summed E-state index contributed by atoms with van der Waals surface area (Å²) < 4.78 is 22.5. The first kappa shape index (κ1) is 22.1. The van der Waals surface area contributed by atoms with Crippen LogP contribution in [0.1, 0.15) is 0 Å². The van der Waals surface area contributed by atoms with Crippen LogP contribution in [0.2, 0.25) is 0 Å². The van der Waals surface area contributed by atoms with Gasteiger partial charge in [-0.3, -0.25) is 4.79 Å². The summed E-state index contributed by atoms with van der Waals surface area (Å²) in [5.74, 6) is 8.57. The molecule has 0 saturated heterocycles. The summed E-state index contributed by atoms with van der Waals surface area (Å²) in [7, 11) is 6.16. The van der Waals surface area contributed by atoms with Gasteiger partial charge in [-0.2, -0.15) is 0 Å². The number of methoxy groups -OCH3 is 4. The van der Waals surface area contributed by atoms with E-state index in [2.05, 4.69) is 15.5 Å². The number of ether oxygens (including phenoxy) is 4. The predicted molar refractivity (Wildman–Crippen MR) is 118 cm³/mol. The van der Waals surface area contributed by atoms with E-state index in [0.717, 1.165) is 0 Å². The third-order valence-corrected chi connectivity index (χ3v) is 5.24. The van der Waals surface area contributed by atoms with Gasteiger partial charge in [-0.15, -0.1) is 10.2 Å². The molecule has 1 aromatic heterocycles. The number of hydrogen-bond donors (Lipinski definition) is 2. The lowest BCUT2D eigenvalue weighted by Gasteiger charge is -2.13. The van der Waals surface area contributed by atoms with Gasteiger partial charge in [0, 0.05) is 11.3 Å². The summed E-state index contributed by atoms with van der Waals surface area (Å²) in [5, 5.41) is 11.4. The van der Waals surface area contributed by atoms with Crippen LogP contribution in [0.4, 0.5) is 5.69 Å². The SMILES string of the molecule is COc1ccc(NC(=O)CSc2nnc(-c3cc(OC)c(OC)c(OC)c3)n2N)cc1. The standard InChI is InChI=1S/C20H23N5O5S/c1-27-14-7-5-13(6-8-14)22-17(26)11-31-20-24-23-19(25(20)21)12-9-15(28-2)18(30-4)16(10-12)29-3/h5-10H,11,21H2,1-4H3,(H,22,26). The zero-order chi connectivity index (χ0) is 22.4. The van der Waals surface area contributed by atoms with E-state index in [9.17, 15) is 4.79 Å². The molecule has 31 heavy (non-hydrogen) atoms. The van der Waals surface area contributed by atoms with Gasteiger partial charge in [-0.25, -0.2) is 4.68 Å².